The summed E-state index contributed by atoms with van der Waals surface area (Å²) in [4.78, 5) is 12.3. The van der Waals surface area contributed by atoms with Crippen molar-refractivity contribution in [2.75, 3.05) is 7.11 Å². The summed E-state index contributed by atoms with van der Waals surface area (Å²) < 4.78 is 5.04. The van der Waals surface area contributed by atoms with E-state index in [0.717, 1.165) is 18.4 Å². The van der Waals surface area contributed by atoms with Crippen LogP contribution in [0.15, 0.2) is 23.3 Å². The number of ether oxygens (including phenoxy) is 1. The molecule has 22 heavy (non-hydrogen) atoms. The van der Waals surface area contributed by atoms with Gasteiger partial charge in [-0.2, -0.15) is 5.10 Å². The van der Waals surface area contributed by atoms with Crippen LogP contribution < -0.4 is 10.2 Å². The van der Waals surface area contributed by atoms with Crippen molar-refractivity contribution in [3.8, 4) is 11.5 Å². The lowest BCUT2D eigenvalue weighted by molar-refractivity contribution is -0.123. The van der Waals surface area contributed by atoms with Gasteiger partial charge in [-0.25, -0.2) is 5.43 Å². The van der Waals surface area contributed by atoms with Gasteiger partial charge in [0.2, 0.25) is 5.91 Å². The number of hydrogen-bond donors (Lipinski definition) is 2. The number of aromatic hydroxyl groups is 1. The van der Waals surface area contributed by atoms with Crippen molar-refractivity contribution >= 4 is 12.1 Å². The number of methoxy groups -OCH3 is 1. The predicted molar refractivity (Wildman–Crippen MR) is 84.0 cm³/mol. The number of carbonyl (C=O) groups excluding carboxylic acids is 1. The third kappa shape index (κ3) is 2.56. The fourth-order valence-electron chi connectivity index (χ4n) is 3.86. The van der Waals surface area contributed by atoms with E-state index in [4.69, 9.17) is 4.74 Å². The molecule has 2 aliphatic rings. The van der Waals surface area contributed by atoms with Crippen molar-refractivity contribution < 1.29 is 14.6 Å². The Hall–Kier alpha value is -2.04. The number of benzene rings is 1. The van der Waals surface area contributed by atoms with Crippen LogP contribution in [0.25, 0.3) is 0 Å². The number of phenols is 1. The highest BCUT2D eigenvalue weighted by molar-refractivity contribution is 5.86. The van der Waals surface area contributed by atoms with E-state index in [1.54, 1.807) is 24.4 Å². The first-order chi connectivity index (χ1) is 10.6. The number of phenolic OH excluding ortho intramolecular Hbond substituents is 1. The fourth-order valence-corrected chi connectivity index (χ4v) is 3.86. The summed E-state index contributed by atoms with van der Waals surface area (Å²) in [6.07, 6.45) is 6.34. The van der Waals surface area contributed by atoms with Crippen molar-refractivity contribution in [1.29, 1.82) is 0 Å². The number of nitrogens with one attached hydrogen (secondary N) is 1. The normalized spacial score (nSPS) is 29.9. The van der Waals surface area contributed by atoms with Gasteiger partial charge in [0.15, 0.2) is 11.5 Å². The molecule has 3 atom stereocenters. The maximum atomic E-state index is 12.3. The van der Waals surface area contributed by atoms with Crippen LogP contribution in [-0.2, 0) is 4.79 Å². The van der Waals surface area contributed by atoms with E-state index in [2.05, 4.69) is 17.5 Å². The van der Waals surface area contributed by atoms with E-state index in [1.165, 1.54) is 20.0 Å². The summed E-state index contributed by atoms with van der Waals surface area (Å²) in [7, 11) is 1.49. The number of carbonyl (C=O) groups is 1. The van der Waals surface area contributed by atoms with E-state index in [9.17, 15) is 9.90 Å². The number of hydrogen-bond acceptors (Lipinski definition) is 4. The average Bonchev–Trinajstić information content (AvgIpc) is 3.14. The molecule has 0 aliphatic heterocycles. The van der Waals surface area contributed by atoms with Gasteiger partial charge in [-0.05, 0) is 47.9 Å². The van der Waals surface area contributed by atoms with Gasteiger partial charge in [-0.15, -0.1) is 0 Å². The Labute approximate surface area is 130 Å². The van der Waals surface area contributed by atoms with Gasteiger partial charge >= 0.3 is 0 Å². The first kappa shape index (κ1) is 14.9. The molecule has 3 rings (SSSR count). The quantitative estimate of drug-likeness (QED) is 0.663. The highest BCUT2D eigenvalue weighted by Gasteiger charge is 2.64. The van der Waals surface area contributed by atoms with Gasteiger partial charge in [0.25, 0.3) is 0 Å². The van der Waals surface area contributed by atoms with Gasteiger partial charge in [0, 0.05) is 5.92 Å². The van der Waals surface area contributed by atoms with Gasteiger partial charge in [0.1, 0.15) is 0 Å². The Balaban J connectivity index is 1.59. The van der Waals surface area contributed by atoms with Gasteiger partial charge in [0.05, 0.1) is 13.3 Å². The first-order valence-corrected chi connectivity index (χ1v) is 7.76. The maximum Gasteiger partial charge on any atom is 0.244 e. The minimum absolute atomic E-state index is 0.0244. The Bertz CT molecular complexity index is 614. The summed E-state index contributed by atoms with van der Waals surface area (Å²) in [6.45, 7) is 2.22. The Morgan fingerprint density at radius 2 is 2.32 bits per heavy atom. The van der Waals surface area contributed by atoms with Crippen molar-refractivity contribution in [3.63, 3.8) is 0 Å². The Morgan fingerprint density at radius 3 is 3.00 bits per heavy atom. The van der Waals surface area contributed by atoms with Gasteiger partial charge in [-0.3, -0.25) is 4.79 Å². The minimum atomic E-state index is 0.0244. The van der Waals surface area contributed by atoms with Crippen LogP contribution in [0, 0.1) is 17.3 Å². The maximum absolute atomic E-state index is 12.3. The second-order valence-electron chi connectivity index (χ2n) is 6.50. The summed E-state index contributed by atoms with van der Waals surface area (Å²) in [6, 6.07) is 4.92. The van der Waals surface area contributed by atoms with Crippen molar-refractivity contribution in [2.45, 2.75) is 32.6 Å². The SMILES string of the molecule is COc1cc(/C=N\NC(=O)[C@@H]2[C@@H]3CCCC[C@@]23C)ccc1O. The zero-order chi connectivity index (χ0) is 15.7. The van der Waals surface area contributed by atoms with Crippen LogP contribution >= 0.6 is 0 Å². The lowest BCUT2D eigenvalue weighted by Gasteiger charge is -2.15. The number of hydrazone groups is 1. The fraction of sp³-hybridized carbons (Fsp3) is 0.529. The second kappa shape index (κ2) is 5.63. The molecule has 2 N–H and O–H groups in total. The van der Waals surface area contributed by atoms with Crippen LogP contribution in [0.2, 0.25) is 0 Å². The van der Waals surface area contributed by atoms with Crippen LogP contribution in [0.1, 0.15) is 38.2 Å². The molecule has 0 bridgehead atoms. The lowest BCUT2D eigenvalue weighted by Crippen LogP contribution is -2.22. The predicted octanol–water partition coefficient (Wildman–Crippen LogP) is 2.68. The summed E-state index contributed by atoms with van der Waals surface area (Å²) in [5.41, 5.74) is 3.61. The lowest BCUT2D eigenvalue weighted by atomic mass is 9.90. The molecule has 118 valence electrons. The van der Waals surface area contributed by atoms with Crippen LogP contribution in [-0.4, -0.2) is 24.3 Å². The van der Waals surface area contributed by atoms with E-state index in [-0.39, 0.29) is 23.0 Å². The van der Waals surface area contributed by atoms with E-state index >= 15 is 0 Å². The molecule has 0 radical (unpaired) electrons. The molecule has 2 saturated carbocycles. The number of rotatable bonds is 4. The van der Waals surface area contributed by atoms with Crippen molar-refractivity contribution in [3.05, 3.63) is 23.8 Å². The van der Waals surface area contributed by atoms with Crippen LogP contribution in [0.3, 0.4) is 0 Å². The second-order valence-corrected chi connectivity index (χ2v) is 6.50. The van der Waals surface area contributed by atoms with E-state index in [0.29, 0.717) is 11.7 Å². The molecule has 5 nitrogen and oxygen atoms in total. The van der Waals surface area contributed by atoms with Gasteiger partial charge in [-0.1, -0.05) is 19.8 Å². The highest BCUT2D eigenvalue weighted by atomic mass is 16.5. The zero-order valence-corrected chi connectivity index (χ0v) is 13.0. The molecule has 0 heterocycles. The largest absolute Gasteiger partial charge is 0.504 e. The molecule has 2 aliphatic carbocycles. The number of fused-ring (bicyclic) bond motifs is 1. The highest BCUT2D eigenvalue weighted by Crippen LogP contribution is 2.66. The number of nitrogens with zero attached hydrogens (tertiary/aromatic N) is 1. The monoisotopic (exact) mass is 302 g/mol. The molecular weight excluding hydrogens is 280 g/mol. The molecule has 2 fully saturated rings. The molecule has 1 aromatic rings. The smallest absolute Gasteiger partial charge is 0.244 e. The molecule has 0 spiro atoms. The standard InChI is InChI=1S/C17H22N2O3/c1-17-8-4-3-5-12(17)15(17)16(21)19-18-10-11-6-7-13(20)14(9-11)22-2/h6-7,9-10,12,15,20H,3-5,8H2,1-2H3,(H,19,21)/b18-10-/t12-,15-,17+/m0/s1. The molecule has 0 saturated heterocycles. The van der Waals surface area contributed by atoms with E-state index in [1.807, 2.05) is 0 Å². The first-order valence-electron chi connectivity index (χ1n) is 7.76. The topological polar surface area (TPSA) is 70.9 Å². The third-order valence-corrected chi connectivity index (χ3v) is 5.21. The minimum Gasteiger partial charge on any atom is -0.504 e. The zero-order valence-electron chi connectivity index (χ0n) is 13.0. The molecule has 0 aromatic heterocycles. The number of amides is 1. The summed E-state index contributed by atoms with van der Waals surface area (Å²) in [5.74, 6) is 1.14. The molecule has 1 aromatic carbocycles. The third-order valence-electron chi connectivity index (χ3n) is 5.21. The van der Waals surface area contributed by atoms with Crippen molar-refractivity contribution in [1.82, 2.24) is 5.43 Å². The van der Waals surface area contributed by atoms with E-state index < -0.39 is 0 Å². The van der Waals surface area contributed by atoms with Crippen molar-refractivity contribution in [2.24, 2.45) is 22.4 Å². The van der Waals surface area contributed by atoms with Crippen LogP contribution in [0.4, 0.5) is 0 Å². The molecular formula is C17H22N2O3. The summed E-state index contributed by atoms with van der Waals surface area (Å²) in [5, 5.41) is 13.6. The molecule has 1 amide bonds. The Morgan fingerprint density at radius 1 is 1.50 bits per heavy atom. The summed E-state index contributed by atoms with van der Waals surface area (Å²) >= 11 is 0. The van der Waals surface area contributed by atoms with Gasteiger partial charge < -0.3 is 9.84 Å². The molecule has 0 unspecified atom stereocenters. The average molecular weight is 302 g/mol. The molecule has 5 heteroatoms. The Kier molecular flexibility index (Phi) is 3.81. The van der Waals surface area contributed by atoms with Crippen LogP contribution in [0.5, 0.6) is 11.5 Å².